The van der Waals surface area contributed by atoms with Gasteiger partial charge in [-0.3, -0.25) is 4.79 Å². The van der Waals surface area contributed by atoms with E-state index in [0.29, 0.717) is 12.8 Å². The zero-order valence-electron chi connectivity index (χ0n) is 8.45. The van der Waals surface area contributed by atoms with Crippen LogP contribution in [0.4, 0.5) is 0 Å². The van der Waals surface area contributed by atoms with Gasteiger partial charge in [0.15, 0.2) is 5.78 Å². The summed E-state index contributed by atoms with van der Waals surface area (Å²) in [6.45, 7) is 1.65. The van der Waals surface area contributed by atoms with Crippen molar-refractivity contribution < 1.29 is 13.2 Å². The highest BCUT2D eigenvalue weighted by Crippen LogP contribution is 2.18. The van der Waals surface area contributed by atoms with Gasteiger partial charge in [0.2, 0.25) is 0 Å². The van der Waals surface area contributed by atoms with Gasteiger partial charge in [-0.05, 0) is 25.3 Å². The highest BCUT2D eigenvalue weighted by Gasteiger charge is 2.13. The van der Waals surface area contributed by atoms with Gasteiger partial charge in [0.1, 0.15) is 9.84 Å². The van der Waals surface area contributed by atoms with E-state index in [-0.39, 0.29) is 17.3 Å². The maximum Gasteiger partial charge on any atom is 0.155 e. The topological polar surface area (TPSA) is 51.2 Å². The molecule has 0 bridgehead atoms. The van der Waals surface area contributed by atoms with Crippen molar-refractivity contribution in [2.24, 2.45) is 0 Å². The number of hydrogen-bond acceptors (Lipinski definition) is 3. The molecular weight excluding hydrogens is 200 g/mol. The molecule has 0 aliphatic heterocycles. The largest absolute Gasteiger partial charge is 0.295 e. The monoisotopic (exact) mass is 216 g/mol. The molecule has 4 heteroatoms. The van der Waals surface area contributed by atoms with E-state index in [4.69, 9.17) is 0 Å². The van der Waals surface area contributed by atoms with Crippen molar-refractivity contribution in [1.29, 1.82) is 0 Å². The first-order chi connectivity index (χ1) is 6.53. The third kappa shape index (κ3) is 3.62. The number of carbonyl (C=O) groups is 1. The molecule has 0 fully saturated rings. The lowest BCUT2D eigenvalue weighted by molar-refractivity contribution is -0.115. The van der Waals surface area contributed by atoms with Crippen LogP contribution in [0.3, 0.4) is 0 Å². The van der Waals surface area contributed by atoms with Gasteiger partial charge >= 0.3 is 0 Å². The summed E-state index contributed by atoms with van der Waals surface area (Å²) in [6.07, 6.45) is 4.52. The van der Waals surface area contributed by atoms with Crippen LogP contribution in [0.1, 0.15) is 32.6 Å². The Hall–Kier alpha value is -0.640. The molecule has 80 valence electrons. The maximum atomic E-state index is 11.2. The zero-order chi connectivity index (χ0) is 10.6. The molecule has 1 rings (SSSR count). The van der Waals surface area contributed by atoms with Gasteiger partial charge in [-0.2, -0.15) is 0 Å². The fourth-order valence-corrected chi connectivity index (χ4v) is 2.35. The molecule has 14 heavy (non-hydrogen) atoms. The molecule has 0 atom stereocenters. The lowest BCUT2D eigenvalue weighted by Crippen LogP contribution is -2.11. The predicted molar refractivity (Wildman–Crippen MR) is 55.9 cm³/mol. The summed E-state index contributed by atoms with van der Waals surface area (Å²) >= 11 is 0. The third-order valence-electron chi connectivity index (χ3n) is 2.46. The summed E-state index contributed by atoms with van der Waals surface area (Å²) in [5.74, 6) is 0.511. The number of carbonyl (C=O) groups excluding carboxylic acids is 1. The first kappa shape index (κ1) is 11.4. The number of rotatable bonds is 4. The normalized spacial score (nSPS) is 18.1. The molecule has 1 aliphatic carbocycles. The van der Waals surface area contributed by atoms with E-state index in [1.807, 2.05) is 0 Å². The number of sulfone groups is 1. The van der Waals surface area contributed by atoms with Crippen molar-refractivity contribution in [3.05, 3.63) is 11.6 Å². The quantitative estimate of drug-likeness (QED) is 0.715. The molecule has 0 N–H and O–H groups in total. The Morgan fingerprint density at radius 1 is 1.36 bits per heavy atom. The summed E-state index contributed by atoms with van der Waals surface area (Å²) in [4.78, 5) is 11.0. The van der Waals surface area contributed by atoms with Gasteiger partial charge in [-0.25, -0.2) is 8.42 Å². The average Bonchev–Trinajstić information content (AvgIpc) is 2.15. The minimum absolute atomic E-state index is 0.139. The van der Waals surface area contributed by atoms with Crippen molar-refractivity contribution in [2.75, 3.05) is 11.5 Å². The molecule has 0 saturated heterocycles. The second-order valence-corrected chi connectivity index (χ2v) is 6.08. The van der Waals surface area contributed by atoms with Crippen LogP contribution in [-0.4, -0.2) is 25.7 Å². The molecule has 1 aliphatic rings. The van der Waals surface area contributed by atoms with Crippen LogP contribution < -0.4 is 0 Å². The van der Waals surface area contributed by atoms with Crippen molar-refractivity contribution in [2.45, 2.75) is 32.6 Å². The highest BCUT2D eigenvalue weighted by molar-refractivity contribution is 7.91. The minimum Gasteiger partial charge on any atom is -0.295 e. The van der Waals surface area contributed by atoms with Gasteiger partial charge < -0.3 is 0 Å². The lowest BCUT2D eigenvalue weighted by atomic mass is 9.97. The van der Waals surface area contributed by atoms with E-state index in [1.165, 1.54) is 0 Å². The molecule has 0 spiro atoms. The summed E-state index contributed by atoms with van der Waals surface area (Å²) in [5, 5.41) is 0. The first-order valence-corrected chi connectivity index (χ1v) is 6.78. The Morgan fingerprint density at radius 2 is 2.07 bits per heavy atom. The first-order valence-electron chi connectivity index (χ1n) is 4.96. The SMILES string of the molecule is CCS(=O)(=O)CCC1=CC(=O)CCC1. The smallest absolute Gasteiger partial charge is 0.155 e. The average molecular weight is 216 g/mol. The Kier molecular flexibility index (Phi) is 3.86. The summed E-state index contributed by atoms with van der Waals surface area (Å²) in [7, 11) is -2.89. The standard InChI is InChI=1S/C10H16O3S/c1-2-14(12,13)7-6-9-4-3-5-10(11)8-9/h8H,2-7H2,1H3. The maximum absolute atomic E-state index is 11.2. The predicted octanol–water partition coefficient (Wildman–Crippen LogP) is 1.49. The van der Waals surface area contributed by atoms with Crippen LogP contribution in [0, 0.1) is 0 Å². The summed E-state index contributed by atoms with van der Waals surface area (Å²) in [6, 6.07) is 0. The molecular formula is C10H16O3S. The summed E-state index contributed by atoms with van der Waals surface area (Å²) in [5.41, 5.74) is 0.998. The molecule has 0 aromatic heterocycles. The van der Waals surface area contributed by atoms with Crippen LogP contribution >= 0.6 is 0 Å². The van der Waals surface area contributed by atoms with Gasteiger partial charge in [-0.15, -0.1) is 0 Å². The van der Waals surface area contributed by atoms with E-state index in [9.17, 15) is 13.2 Å². The van der Waals surface area contributed by atoms with Gasteiger partial charge in [0.05, 0.1) is 5.75 Å². The van der Waals surface area contributed by atoms with Crippen LogP contribution in [-0.2, 0) is 14.6 Å². The molecule has 3 nitrogen and oxygen atoms in total. The Labute approximate surface area is 85.1 Å². The van der Waals surface area contributed by atoms with Crippen LogP contribution in [0.5, 0.6) is 0 Å². The highest BCUT2D eigenvalue weighted by atomic mass is 32.2. The number of allylic oxidation sites excluding steroid dienone is 2. The molecule has 0 amide bonds. The van der Waals surface area contributed by atoms with Crippen molar-refractivity contribution >= 4 is 15.6 Å². The van der Waals surface area contributed by atoms with E-state index in [2.05, 4.69) is 0 Å². The van der Waals surface area contributed by atoms with Crippen molar-refractivity contribution in [1.82, 2.24) is 0 Å². The summed E-state index contributed by atoms with van der Waals surface area (Å²) < 4.78 is 22.4. The Bertz CT molecular complexity index is 338. The third-order valence-corrected chi connectivity index (χ3v) is 4.17. The van der Waals surface area contributed by atoms with Gasteiger partial charge in [0.25, 0.3) is 0 Å². The second-order valence-electron chi connectivity index (χ2n) is 3.61. The second kappa shape index (κ2) is 4.73. The van der Waals surface area contributed by atoms with Crippen molar-refractivity contribution in [3.63, 3.8) is 0 Å². The fourth-order valence-electron chi connectivity index (χ4n) is 1.49. The van der Waals surface area contributed by atoms with Crippen LogP contribution in [0.15, 0.2) is 11.6 Å². The van der Waals surface area contributed by atoms with E-state index >= 15 is 0 Å². The van der Waals surface area contributed by atoms with Crippen LogP contribution in [0.2, 0.25) is 0 Å². The van der Waals surface area contributed by atoms with Gasteiger partial charge in [-0.1, -0.05) is 12.5 Å². The molecule has 0 saturated carbocycles. The Morgan fingerprint density at radius 3 is 2.64 bits per heavy atom. The van der Waals surface area contributed by atoms with E-state index in [0.717, 1.165) is 18.4 Å². The number of ketones is 1. The van der Waals surface area contributed by atoms with Crippen molar-refractivity contribution in [3.8, 4) is 0 Å². The van der Waals surface area contributed by atoms with Gasteiger partial charge in [0, 0.05) is 12.2 Å². The zero-order valence-corrected chi connectivity index (χ0v) is 9.27. The molecule has 0 radical (unpaired) electrons. The van der Waals surface area contributed by atoms with Crippen LogP contribution in [0.25, 0.3) is 0 Å². The lowest BCUT2D eigenvalue weighted by Gasteiger charge is -2.11. The Balaban J connectivity index is 2.50. The molecule has 0 heterocycles. The fraction of sp³-hybridized carbons (Fsp3) is 0.700. The van der Waals surface area contributed by atoms with E-state index in [1.54, 1.807) is 13.0 Å². The number of hydrogen-bond donors (Lipinski definition) is 0. The molecule has 0 aromatic rings. The molecule has 0 unspecified atom stereocenters. The molecule has 0 aromatic carbocycles. The minimum atomic E-state index is -2.89. The van der Waals surface area contributed by atoms with E-state index < -0.39 is 9.84 Å².